The largest absolute Gasteiger partial charge is 0.490 e. The summed E-state index contributed by atoms with van der Waals surface area (Å²) in [6.45, 7) is 11.9. The second-order valence-corrected chi connectivity index (χ2v) is 7.34. The van der Waals surface area contributed by atoms with Gasteiger partial charge in [-0.05, 0) is 62.8 Å². The van der Waals surface area contributed by atoms with E-state index in [0.717, 1.165) is 36.3 Å². The number of aliphatic hydroxyl groups is 2. The Balaban J connectivity index is 2.11. The highest BCUT2D eigenvalue weighted by atomic mass is 16.5. The lowest BCUT2D eigenvalue weighted by molar-refractivity contribution is -0.145. The van der Waals surface area contributed by atoms with Gasteiger partial charge in [0.05, 0.1) is 6.10 Å². The fraction of sp³-hybridized carbons (Fsp3) is 0.700. The molecule has 0 bridgehead atoms. The number of aliphatic hydroxyl groups excluding tert-OH is 1. The van der Waals surface area contributed by atoms with Gasteiger partial charge in [0, 0.05) is 19.1 Å². The third kappa shape index (κ3) is 4.11. The second kappa shape index (κ2) is 7.85. The lowest BCUT2D eigenvalue weighted by Crippen LogP contribution is -2.61. The molecule has 136 valence electrons. The predicted molar refractivity (Wildman–Crippen MR) is 97.7 cm³/mol. The Morgan fingerprint density at radius 1 is 1.25 bits per heavy atom. The van der Waals surface area contributed by atoms with Crippen LogP contribution >= 0.6 is 0 Å². The van der Waals surface area contributed by atoms with Gasteiger partial charge in [0.15, 0.2) is 0 Å². The standard InChI is InChI=1S/C20H33NO3/c1-6-17(7-2)21-9-8-19(22)20(23,12-21)13-24-18-11-14(3)10-15(4)16(18)5/h10-11,17,19,22-23H,6-9,12-13H2,1-5H3/t19-,20-/m0/s1. The van der Waals surface area contributed by atoms with Crippen LogP contribution in [0.4, 0.5) is 0 Å². The Morgan fingerprint density at radius 2 is 1.92 bits per heavy atom. The van der Waals surface area contributed by atoms with Crippen LogP contribution in [0.5, 0.6) is 5.75 Å². The molecule has 1 aliphatic heterocycles. The Hall–Kier alpha value is -1.10. The third-order valence-electron chi connectivity index (χ3n) is 5.49. The first kappa shape index (κ1) is 19.2. The topological polar surface area (TPSA) is 52.9 Å². The molecule has 0 radical (unpaired) electrons. The third-order valence-corrected chi connectivity index (χ3v) is 5.49. The van der Waals surface area contributed by atoms with E-state index in [1.165, 1.54) is 5.56 Å². The average Bonchev–Trinajstić information content (AvgIpc) is 2.54. The van der Waals surface area contributed by atoms with Gasteiger partial charge in [-0.2, -0.15) is 0 Å². The van der Waals surface area contributed by atoms with Crippen LogP contribution in [0.3, 0.4) is 0 Å². The van der Waals surface area contributed by atoms with E-state index in [9.17, 15) is 10.2 Å². The lowest BCUT2D eigenvalue weighted by Gasteiger charge is -2.45. The number of β-amino-alcohol motifs (C(OH)–C–C–N with tert-alkyl or cyclic N) is 1. The van der Waals surface area contributed by atoms with Crippen molar-refractivity contribution in [1.82, 2.24) is 4.90 Å². The number of nitrogens with zero attached hydrogens (tertiary/aromatic N) is 1. The molecule has 2 rings (SSSR count). The maximum absolute atomic E-state index is 11.0. The minimum Gasteiger partial charge on any atom is -0.490 e. The Kier molecular flexibility index (Phi) is 6.29. The second-order valence-electron chi connectivity index (χ2n) is 7.34. The summed E-state index contributed by atoms with van der Waals surface area (Å²) >= 11 is 0. The molecule has 1 aromatic carbocycles. The van der Waals surface area contributed by atoms with Crippen molar-refractivity contribution in [3.8, 4) is 5.75 Å². The van der Waals surface area contributed by atoms with E-state index in [0.29, 0.717) is 19.0 Å². The summed E-state index contributed by atoms with van der Waals surface area (Å²) in [5, 5.41) is 21.4. The fourth-order valence-electron chi connectivity index (χ4n) is 3.70. The molecule has 24 heavy (non-hydrogen) atoms. The maximum atomic E-state index is 11.0. The molecule has 2 N–H and O–H groups in total. The lowest BCUT2D eigenvalue weighted by atomic mass is 9.88. The van der Waals surface area contributed by atoms with Gasteiger partial charge in [-0.15, -0.1) is 0 Å². The summed E-state index contributed by atoms with van der Waals surface area (Å²) in [5.74, 6) is 0.799. The van der Waals surface area contributed by atoms with Crippen LogP contribution < -0.4 is 4.74 Å². The van der Waals surface area contributed by atoms with Crippen molar-refractivity contribution in [2.24, 2.45) is 0 Å². The van der Waals surface area contributed by atoms with Crippen LogP contribution in [0.1, 0.15) is 49.8 Å². The van der Waals surface area contributed by atoms with Crippen LogP contribution in [-0.4, -0.2) is 52.6 Å². The van der Waals surface area contributed by atoms with Crippen molar-refractivity contribution in [1.29, 1.82) is 0 Å². The summed E-state index contributed by atoms with van der Waals surface area (Å²) in [4.78, 5) is 2.30. The maximum Gasteiger partial charge on any atom is 0.137 e. The van der Waals surface area contributed by atoms with E-state index >= 15 is 0 Å². The van der Waals surface area contributed by atoms with Crippen LogP contribution in [0.2, 0.25) is 0 Å². The van der Waals surface area contributed by atoms with Crippen LogP contribution in [0, 0.1) is 20.8 Å². The van der Waals surface area contributed by atoms with Crippen molar-refractivity contribution in [2.45, 2.75) is 71.6 Å². The van der Waals surface area contributed by atoms with Gasteiger partial charge in [0.1, 0.15) is 18.0 Å². The van der Waals surface area contributed by atoms with Crippen molar-refractivity contribution in [3.63, 3.8) is 0 Å². The van der Waals surface area contributed by atoms with Crippen molar-refractivity contribution >= 4 is 0 Å². The molecule has 0 unspecified atom stereocenters. The molecule has 0 spiro atoms. The zero-order valence-electron chi connectivity index (χ0n) is 15.8. The monoisotopic (exact) mass is 335 g/mol. The van der Waals surface area contributed by atoms with Gasteiger partial charge >= 0.3 is 0 Å². The van der Waals surface area contributed by atoms with Gasteiger partial charge in [0.25, 0.3) is 0 Å². The van der Waals surface area contributed by atoms with E-state index in [-0.39, 0.29) is 6.61 Å². The number of hydrogen-bond acceptors (Lipinski definition) is 4. The van der Waals surface area contributed by atoms with Crippen molar-refractivity contribution in [3.05, 3.63) is 28.8 Å². The summed E-state index contributed by atoms with van der Waals surface area (Å²) in [5.41, 5.74) is 2.19. The minimum atomic E-state index is -1.22. The summed E-state index contributed by atoms with van der Waals surface area (Å²) in [6.07, 6.45) is 1.95. The molecule has 1 aliphatic rings. The molecule has 0 saturated carbocycles. The molecule has 2 atom stereocenters. The normalized spacial score (nSPS) is 25.2. The number of ether oxygens (including phenoxy) is 1. The summed E-state index contributed by atoms with van der Waals surface area (Å²) in [6, 6.07) is 4.58. The molecular weight excluding hydrogens is 302 g/mol. The van der Waals surface area contributed by atoms with Gasteiger partial charge in [0.2, 0.25) is 0 Å². The molecule has 1 saturated heterocycles. The van der Waals surface area contributed by atoms with Gasteiger partial charge < -0.3 is 14.9 Å². The Bertz CT molecular complexity index is 556. The van der Waals surface area contributed by atoms with Crippen molar-refractivity contribution in [2.75, 3.05) is 19.7 Å². The number of rotatable bonds is 6. The first-order chi connectivity index (χ1) is 11.3. The predicted octanol–water partition coefficient (Wildman–Crippen LogP) is 2.98. The van der Waals surface area contributed by atoms with Gasteiger partial charge in [-0.25, -0.2) is 0 Å². The zero-order chi connectivity index (χ0) is 17.9. The van der Waals surface area contributed by atoms with Crippen LogP contribution in [0.15, 0.2) is 12.1 Å². The SMILES string of the molecule is CCC(CC)N1CC[C@H](O)[C@@](O)(COc2cc(C)cc(C)c2C)C1. The molecular formula is C20H33NO3. The summed E-state index contributed by atoms with van der Waals surface area (Å²) in [7, 11) is 0. The first-order valence-electron chi connectivity index (χ1n) is 9.15. The van der Waals surface area contributed by atoms with E-state index in [2.05, 4.69) is 31.7 Å². The number of piperidine rings is 1. The molecule has 4 heteroatoms. The number of likely N-dealkylation sites (tertiary alicyclic amines) is 1. The highest BCUT2D eigenvalue weighted by Crippen LogP contribution is 2.28. The van der Waals surface area contributed by atoms with E-state index in [1.54, 1.807) is 0 Å². The highest BCUT2D eigenvalue weighted by Gasteiger charge is 2.43. The molecule has 1 fully saturated rings. The number of aryl methyl sites for hydroxylation is 2. The van der Waals surface area contributed by atoms with Crippen molar-refractivity contribution < 1.29 is 14.9 Å². The zero-order valence-corrected chi connectivity index (χ0v) is 15.8. The molecule has 0 aliphatic carbocycles. The highest BCUT2D eigenvalue weighted by molar-refractivity contribution is 5.42. The quantitative estimate of drug-likeness (QED) is 0.839. The molecule has 4 nitrogen and oxygen atoms in total. The summed E-state index contributed by atoms with van der Waals surface area (Å²) < 4.78 is 5.97. The first-order valence-corrected chi connectivity index (χ1v) is 9.15. The smallest absolute Gasteiger partial charge is 0.137 e. The Labute approximate surface area is 146 Å². The molecule has 0 amide bonds. The fourth-order valence-corrected chi connectivity index (χ4v) is 3.70. The average molecular weight is 335 g/mol. The van der Waals surface area contributed by atoms with E-state index < -0.39 is 11.7 Å². The molecule has 1 aromatic rings. The van der Waals surface area contributed by atoms with Crippen LogP contribution in [0.25, 0.3) is 0 Å². The molecule has 1 heterocycles. The van der Waals surface area contributed by atoms with E-state index in [4.69, 9.17) is 4.74 Å². The number of benzene rings is 1. The number of hydrogen-bond donors (Lipinski definition) is 2. The molecule has 0 aromatic heterocycles. The van der Waals surface area contributed by atoms with Gasteiger partial charge in [-0.3, -0.25) is 4.90 Å². The Morgan fingerprint density at radius 3 is 2.54 bits per heavy atom. The minimum absolute atomic E-state index is 0.120. The van der Waals surface area contributed by atoms with Crippen LogP contribution in [-0.2, 0) is 0 Å². The van der Waals surface area contributed by atoms with Gasteiger partial charge in [-0.1, -0.05) is 19.9 Å². The van der Waals surface area contributed by atoms with E-state index in [1.807, 2.05) is 19.9 Å².